The van der Waals surface area contributed by atoms with Gasteiger partial charge in [0.2, 0.25) is 0 Å². The minimum atomic E-state index is -0.391. The van der Waals surface area contributed by atoms with Crippen molar-refractivity contribution >= 4 is 17.5 Å². The number of ether oxygens (including phenoxy) is 1. The lowest BCUT2D eigenvalue weighted by atomic mass is 10.1. The summed E-state index contributed by atoms with van der Waals surface area (Å²) >= 11 is 6.13. The van der Waals surface area contributed by atoms with E-state index in [-0.39, 0.29) is 18.6 Å². The van der Waals surface area contributed by atoms with Gasteiger partial charge in [0.15, 0.2) is 6.61 Å². The van der Waals surface area contributed by atoms with E-state index in [4.69, 9.17) is 16.3 Å². The van der Waals surface area contributed by atoms with Crippen molar-refractivity contribution in [2.24, 2.45) is 0 Å². The standard InChI is InChI=1S/C20H22ClFN2O2/c21-16-6-3-5-15(11-16)19(24-9-1-2-10-24)13-23-20(25)14-26-18-8-4-7-17(22)12-18/h3-8,11-12,19H,1-2,9-10,13-14H2,(H,23,25). The Kier molecular flexibility index (Phi) is 6.47. The fourth-order valence-electron chi connectivity index (χ4n) is 3.19. The van der Waals surface area contributed by atoms with Crippen molar-refractivity contribution < 1.29 is 13.9 Å². The quantitative estimate of drug-likeness (QED) is 0.798. The zero-order valence-electron chi connectivity index (χ0n) is 14.5. The summed E-state index contributed by atoms with van der Waals surface area (Å²) in [6.07, 6.45) is 2.32. The van der Waals surface area contributed by atoms with E-state index in [0.717, 1.165) is 31.5 Å². The van der Waals surface area contributed by atoms with Crippen LogP contribution in [0.25, 0.3) is 0 Å². The number of likely N-dealkylation sites (tertiary alicyclic amines) is 1. The molecule has 1 N–H and O–H groups in total. The zero-order valence-corrected chi connectivity index (χ0v) is 15.2. The summed E-state index contributed by atoms with van der Waals surface area (Å²) in [6, 6.07) is 13.6. The fraction of sp³-hybridized carbons (Fsp3) is 0.350. The summed E-state index contributed by atoms with van der Waals surface area (Å²) in [5, 5.41) is 3.61. The maximum atomic E-state index is 13.1. The summed E-state index contributed by atoms with van der Waals surface area (Å²) in [6.45, 7) is 2.34. The van der Waals surface area contributed by atoms with E-state index in [1.807, 2.05) is 24.3 Å². The number of nitrogens with zero attached hydrogens (tertiary/aromatic N) is 1. The van der Waals surface area contributed by atoms with E-state index < -0.39 is 5.82 Å². The molecule has 0 radical (unpaired) electrons. The van der Waals surface area contributed by atoms with Crippen LogP contribution in [0.15, 0.2) is 48.5 Å². The number of hydrogen-bond donors (Lipinski definition) is 1. The molecule has 0 aliphatic carbocycles. The molecule has 2 aromatic rings. The third-order valence-electron chi connectivity index (χ3n) is 4.47. The molecule has 1 aliphatic rings. The Morgan fingerprint density at radius 3 is 2.69 bits per heavy atom. The van der Waals surface area contributed by atoms with Crippen LogP contribution in [0.2, 0.25) is 5.02 Å². The number of carbonyl (C=O) groups excluding carboxylic acids is 1. The largest absolute Gasteiger partial charge is 0.484 e. The van der Waals surface area contributed by atoms with Gasteiger partial charge in [-0.3, -0.25) is 9.69 Å². The number of nitrogens with one attached hydrogen (secondary N) is 1. The molecule has 0 aromatic heterocycles. The molecule has 4 nitrogen and oxygen atoms in total. The second-order valence-electron chi connectivity index (χ2n) is 6.36. The molecule has 138 valence electrons. The maximum Gasteiger partial charge on any atom is 0.258 e. The molecular weight excluding hydrogens is 355 g/mol. The van der Waals surface area contributed by atoms with Gasteiger partial charge in [-0.1, -0.05) is 29.8 Å². The summed E-state index contributed by atoms with van der Waals surface area (Å²) in [5.41, 5.74) is 1.09. The Morgan fingerprint density at radius 2 is 1.96 bits per heavy atom. The zero-order chi connectivity index (χ0) is 18.4. The third kappa shape index (κ3) is 5.19. The van der Waals surface area contributed by atoms with Crippen molar-refractivity contribution in [2.75, 3.05) is 26.2 Å². The Morgan fingerprint density at radius 1 is 1.19 bits per heavy atom. The van der Waals surface area contributed by atoms with Crippen LogP contribution in [-0.2, 0) is 4.79 Å². The number of benzene rings is 2. The SMILES string of the molecule is O=C(COc1cccc(F)c1)NCC(c1cccc(Cl)c1)N1CCCC1. The van der Waals surface area contributed by atoms with Crippen LogP contribution in [0.1, 0.15) is 24.4 Å². The highest BCUT2D eigenvalue weighted by Gasteiger charge is 2.24. The van der Waals surface area contributed by atoms with Gasteiger partial charge in [0.1, 0.15) is 11.6 Å². The van der Waals surface area contributed by atoms with Gasteiger partial charge in [0.25, 0.3) is 5.91 Å². The van der Waals surface area contributed by atoms with Gasteiger partial charge >= 0.3 is 0 Å². The molecule has 6 heteroatoms. The van der Waals surface area contributed by atoms with Crippen LogP contribution in [0.3, 0.4) is 0 Å². The van der Waals surface area contributed by atoms with E-state index in [0.29, 0.717) is 17.3 Å². The van der Waals surface area contributed by atoms with Gasteiger partial charge in [-0.15, -0.1) is 0 Å². The van der Waals surface area contributed by atoms with Crippen LogP contribution in [0, 0.1) is 5.82 Å². The maximum absolute atomic E-state index is 13.1. The first-order chi connectivity index (χ1) is 12.6. The molecule has 0 bridgehead atoms. The summed E-state index contributed by atoms with van der Waals surface area (Å²) in [4.78, 5) is 14.5. The first kappa shape index (κ1) is 18.7. The summed E-state index contributed by atoms with van der Waals surface area (Å²) in [5.74, 6) is -0.287. The molecule has 1 saturated heterocycles. The fourth-order valence-corrected chi connectivity index (χ4v) is 3.39. The van der Waals surface area contributed by atoms with E-state index in [1.165, 1.54) is 12.1 Å². The lowest BCUT2D eigenvalue weighted by molar-refractivity contribution is -0.123. The Bertz CT molecular complexity index is 750. The molecule has 1 atom stereocenters. The summed E-state index contributed by atoms with van der Waals surface area (Å²) < 4.78 is 18.5. The van der Waals surface area contributed by atoms with Gasteiger partial charge in [-0.25, -0.2) is 4.39 Å². The van der Waals surface area contributed by atoms with E-state index in [9.17, 15) is 9.18 Å². The molecular formula is C20H22ClFN2O2. The smallest absolute Gasteiger partial charge is 0.258 e. The third-order valence-corrected chi connectivity index (χ3v) is 4.71. The predicted octanol–water partition coefficient (Wildman–Crippen LogP) is 3.81. The first-order valence-corrected chi connectivity index (χ1v) is 9.14. The molecule has 1 amide bonds. The lowest BCUT2D eigenvalue weighted by Crippen LogP contribution is -2.38. The van der Waals surface area contributed by atoms with Crippen LogP contribution >= 0.6 is 11.6 Å². The number of amides is 1. The monoisotopic (exact) mass is 376 g/mol. The van der Waals surface area contributed by atoms with Crippen LogP contribution in [0.4, 0.5) is 4.39 Å². The average Bonchev–Trinajstić information content (AvgIpc) is 3.15. The molecule has 26 heavy (non-hydrogen) atoms. The average molecular weight is 377 g/mol. The minimum absolute atomic E-state index is 0.0781. The molecule has 1 aliphatic heterocycles. The van der Waals surface area contributed by atoms with Gasteiger partial charge in [-0.2, -0.15) is 0 Å². The second kappa shape index (κ2) is 9.01. The highest BCUT2D eigenvalue weighted by Crippen LogP contribution is 2.26. The van der Waals surface area contributed by atoms with E-state index >= 15 is 0 Å². The highest BCUT2D eigenvalue weighted by molar-refractivity contribution is 6.30. The number of carbonyl (C=O) groups is 1. The topological polar surface area (TPSA) is 41.6 Å². The van der Waals surface area contributed by atoms with Crippen LogP contribution < -0.4 is 10.1 Å². The van der Waals surface area contributed by atoms with Gasteiger partial charge in [-0.05, 0) is 55.8 Å². The normalized spacial score (nSPS) is 15.6. The minimum Gasteiger partial charge on any atom is -0.484 e. The van der Waals surface area contributed by atoms with Crippen molar-refractivity contribution in [3.05, 3.63) is 64.9 Å². The molecule has 0 saturated carbocycles. The van der Waals surface area contributed by atoms with Crippen molar-refractivity contribution in [3.8, 4) is 5.75 Å². The Labute approximate surface area is 157 Å². The Balaban J connectivity index is 1.57. The first-order valence-electron chi connectivity index (χ1n) is 8.76. The molecule has 1 heterocycles. The van der Waals surface area contributed by atoms with Crippen molar-refractivity contribution in [1.29, 1.82) is 0 Å². The van der Waals surface area contributed by atoms with Crippen molar-refractivity contribution in [2.45, 2.75) is 18.9 Å². The van der Waals surface area contributed by atoms with Gasteiger partial charge in [0, 0.05) is 17.6 Å². The van der Waals surface area contributed by atoms with Crippen molar-refractivity contribution in [3.63, 3.8) is 0 Å². The number of hydrogen-bond acceptors (Lipinski definition) is 3. The Hall–Kier alpha value is -2.11. The van der Waals surface area contributed by atoms with Crippen LogP contribution in [-0.4, -0.2) is 37.0 Å². The molecule has 1 unspecified atom stereocenters. The molecule has 3 rings (SSSR count). The number of rotatable bonds is 7. The van der Waals surface area contributed by atoms with Gasteiger partial charge in [0.05, 0.1) is 6.04 Å². The van der Waals surface area contributed by atoms with Crippen LogP contribution in [0.5, 0.6) is 5.75 Å². The molecule has 0 spiro atoms. The predicted molar refractivity (Wildman–Crippen MR) is 99.9 cm³/mol. The number of halogens is 2. The van der Waals surface area contributed by atoms with E-state index in [1.54, 1.807) is 12.1 Å². The summed E-state index contributed by atoms with van der Waals surface area (Å²) in [7, 11) is 0. The highest BCUT2D eigenvalue weighted by atomic mass is 35.5. The van der Waals surface area contributed by atoms with E-state index in [2.05, 4.69) is 10.2 Å². The second-order valence-corrected chi connectivity index (χ2v) is 6.80. The van der Waals surface area contributed by atoms with Crippen molar-refractivity contribution in [1.82, 2.24) is 10.2 Å². The molecule has 1 fully saturated rings. The molecule has 2 aromatic carbocycles. The van der Waals surface area contributed by atoms with Gasteiger partial charge < -0.3 is 10.1 Å². The lowest BCUT2D eigenvalue weighted by Gasteiger charge is -2.28.